The van der Waals surface area contributed by atoms with E-state index in [0.29, 0.717) is 18.5 Å². The van der Waals surface area contributed by atoms with Crippen LogP contribution >= 0.6 is 0 Å². The van der Waals surface area contributed by atoms with Gasteiger partial charge in [0.05, 0.1) is 19.8 Å². The molecule has 0 aromatic heterocycles. The summed E-state index contributed by atoms with van der Waals surface area (Å²) in [5, 5.41) is 21.2. The molecule has 100 valence electrons. The highest BCUT2D eigenvalue weighted by Gasteiger charge is 2.30. The summed E-state index contributed by atoms with van der Waals surface area (Å²) >= 11 is 0. The number of aliphatic hydroxyl groups is 2. The Balaban J connectivity index is 1.74. The lowest BCUT2D eigenvalue weighted by Gasteiger charge is -2.36. The molecule has 3 N–H and O–H groups in total. The topological polar surface area (TPSA) is 61.7 Å². The van der Waals surface area contributed by atoms with Crippen LogP contribution in [0.5, 0.6) is 5.75 Å². The van der Waals surface area contributed by atoms with E-state index in [-0.39, 0.29) is 6.61 Å². The van der Waals surface area contributed by atoms with Gasteiger partial charge in [-0.15, -0.1) is 0 Å². The summed E-state index contributed by atoms with van der Waals surface area (Å²) in [6.45, 7) is 0.290. The molecular formula is C14H21NO3. The van der Waals surface area contributed by atoms with Crippen LogP contribution in [0.3, 0.4) is 0 Å². The van der Waals surface area contributed by atoms with E-state index in [9.17, 15) is 5.11 Å². The van der Waals surface area contributed by atoms with Crippen LogP contribution < -0.4 is 10.1 Å². The molecule has 0 aliphatic heterocycles. The predicted molar refractivity (Wildman–Crippen MR) is 69.9 cm³/mol. The van der Waals surface area contributed by atoms with Crippen molar-refractivity contribution in [1.29, 1.82) is 0 Å². The van der Waals surface area contributed by atoms with Crippen molar-refractivity contribution in [3.63, 3.8) is 0 Å². The van der Waals surface area contributed by atoms with E-state index >= 15 is 0 Å². The van der Waals surface area contributed by atoms with Crippen molar-refractivity contribution in [2.24, 2.45) is 0 Å². The van der Waals surface area contributed by atoms with E-state index in [1.807, 2.05) is 12.1 Å². The molecule has 4 nitrogen and oxygen atoms in total. The molecule has 1 unspecified atom stereocenters. The molecule has 18 heavy (non-hydrogen) atoms. The first kappa shape index (κ1) is 13.3. The lowest BCUT2D eigenvalue weighted by molar-refractivity contribution is 0.0872. The van der Waals surface area contributed by atoms with E-state index < -0.39 is 6.10 Å². The van der Waals surface area contributed by atoms with Crippen molar-refractivity contribution in [3.05, 3.63) is 29.8 Å². The average molecular weight is 251 g/mol. The van der Waals surface area contributed by atoms with Crippen LogP contribution in [0.4, 0.5) is 0 Å². The third-order valence-corrected chi connectivity index (χ3v) is 3.58. The zero-order valence-electron chi connectivity index (χ0n) is 10.7. The molecule has 0 amide bonds. The van der Waals surface area contributed by atoms with Crippen molar-refractivity contribution in [2.45, 2.75) is 30.9 Å². The van der Waals surface area contributed by atoms with E-state index in [2.05, 4.69) is 17.4 Å². The quantitative estimate of drug-likeness (QED) is 0.702. The molecule has 1 saturated carbocycles. The summed E-state index contributed by atoms with van der Waals surface area (Å²) < 4.78 is 5.14. The molecule has 0 radical (unpaired) electrons. The predicted octanol–water partition coefficient (Wildman–Crippen LogP) is 0.884. The molecular weight excluding hydrogens is 230 g/mol. The standard InChI is InChI=1S/C14H21NO3/c1-18-14-4-2-10(3-5-14)11-6-12(7-11)15-8-13(17)9-16/h2-5,11-13,15-17H,6-9H2,1H3. The Bertz CT molecular complexity index is 360. The first-order valence-electron chi connectivity index (χ1n) is 6.39. The first-order valence-corrected chi connectivity index (χ1v) is 6.39. The number of benzene rings is 1. The molecule has 0 bridgehead atoms. The maximum absolute atomic E-state index is 9.24. The molecule has 2 rings (SSSR count). The van der Waals surface area contributed by atoms with Crippen LogP contribution in [0.25, 0.3) is 0 Å². The summed E-state index contributed by atoms with van der Waals surface area (Å²) in [4.78, 5) is 0. The minimum atomic E-state index is -0.648. The lowest BCUT2D eigenvalue weighted by atomic mass is 9.76. The van der Waals surface area contributed by atoms with Crippen molar-refractivity contribution >= 4 is 0 Å². The van der Waals surface area contributed by atoms with E-state index in [4.69, 9.17) is 9.84 Å². The van der Waals surface area contributed by atoms with Gasteiger partial charge in [-0.05, 0) is 36.5 Å². The van der Waals surface area contributed by atoms with Gasteiger partial charge in [-0.1, -0.05) is 12.1 Å². The van der Waals surface area contributed by atoms with Crippen LogP contribution in [0.15, 0.2) is 24.3 Å². The Hall–Kier alpha value is -1.10. The van der Waals surface area contributed by atoms with E-state index in [0.717, 1.165) is 18.6 Å². The largest absolute Gasteiger partial charge is 0.497 e. The monoisotopic (exact) mass is 251 g/mol. The highest BCUT2D eigenvalue weighted by atomic mass is 16.5. The summed E-state index contributed by atoms with van der Waals surface area (Å²) in [7, 11) is 1.67. The van der Waals surface area contributed by atoms with Gasteiger partial charge in [0.15, 0.2) is 0 Å². The second-order valence-corrected chi connectivity index (χ2v) is 4.88. The SMILES string of the molecule is COc1ccc(C2CC(NCC(O)CO)C2)cc1. The number of hydrogen-bond acceptors (Lipinski definition) is 4. The fraction of sp³-hybridized carbons (Fsp3) is 0.571. The molecule has 1 aliphatic carbocycles. The van der Waals surface area contributed by atoms with Crippen molar-refractivity contribution < 1.29 is 14.9 Å². The second-order valence-electron chi connectivity index (χ2n) is 4.88. The van der Waals surface area contributed by atoms with Gasteiger partial charge in [0.25, 0.3) is 0 Å². The molecule has 0 heterocycles. The normalized spacial score (nSPS) is 24.4. The third kappa shape index (κ3) is 3.22. The van der Waals surface area contributed by atoms with Crippen molar-refractivity contribution in [1.82, 2.24) is 5.32 Å². The highest BCUT2D eigenvalue weighted by Crippen LogP contribution is 2.37. The van der Waals surface area contributed by atoms with Gasteiger partial charge in [0.1, 0.15) is 5.75 Å². The first-order chi connectivity index (χ1) is 8.72. The smallest absolute Gasteiger partial charge is 0.118 e. The zero-order valence-corrected chi connectivity index (χ0v) is 10.7. The van der Waals surface area contributed by atoms with E-state index in [1.165, 1.54) is 5.56 Å². The van der Waals surface area contributed by atoms with Crippen LogP contribution in [0.2, 0.25) is 0 Å². The van der Waals surface area contributed by atoms with Gasteiger partial charge in [0, 0.05) is 12.6 Å². The Labute approximate surface area is 108 Å². The van der Waals surface area contributed by atoms with Crippen molar-refractivity contribution in [3.8, 4) is 5.75 Å². The number of hydrogen-bond donors (Lipinski definition) is 3. The molecule has 1 fully saturated rings. The van der Waals surface area contributed by atoms with Gasteiger partial charge >= 0.3 is 0 Å². The van der Waals surface area contributed by atoms with Gasteiger partial charge in [-0.2, -0.15) is 0 Å². The van der Waals surface area contributed by atoms with Gasteiger partial charge in [0.2, 0.25) is 0 Å². The summed E-state index contributed by atoms with van der Waals surface area (Å²) in [6, 6.07) is 8.67. The number of aliphatic hydroxyl groups excluding tert-OH is 2. The van der Waals surface area contributed by atoms with Crippen molar-refractivity contribution in [2.75, 3.05) is 20.3 Å². The number of nitrogens with one attached hydrogen (secondary N) is 1. The summed E-state index contributed by atoms with van der Waals surface area (Å²) in [5.41, 5.74) is 1.34. The fourth-order valence-electron chi connectivity index (χ4n) is 2.30. The van der Waals surface area contributed by atoms with Crippen LogP contribution in [0, 0.1) is 0 Å². The highest BCUT2D eigenvalue weighted by molar-refractivity contribution is 5.30. The maximum atomic E-state index is 9.24. The number of rotatable bonds is 6. The van der Waals surface area contributed by atoms with Crippen LogP contribution in [-0.4, -0.2) is 42.6 Å². The summed E-state index contributed by atoms with van der Waals surface area (Å²) in [5.74, 6) is 1.48. The minimum Gasteiger partial charge on any atom is -0.497 e. The Morgan fingerprint density at radius 1 is 1.33 bits per heavy atom. The molecule has 1 aromatic carbocycles. The Kier molecular flexibility index (Phi) is 4.58. The molecule has 0 saturated heterocycles. The maximum Gasteiger partial charge on any atom is 0.118 e. The Morgan fingerprint density at radius 2 is 2.00 bits per heavy atom. The molecule has 1 aromatic rings. The summed E-state index contributed by atoms with van der Waals surface area (Å²) in [6.07, 6.45) is 1.53. The zero-order chi connectivity index (χ0) is 13.0. The second kappa shape index (κ2) is 6.18. The van der Waals surface area contributed by atoms with Gasteiger partial charge in [-0.25, -0.2) is 0 Å². The number of ether oxygens (including phenoxy) is 1. The number of methoxy groups -OCH3 is 1. The Morgan fingerprint density at radius 3 is 2.56 bits per heavy atom. The average Bonchev–Trinajstić information content (AvgIpc) is 2.37. The molecule has 4 heteroatoms. The molecule has 1 atom stereocenters. The lowest BCUT2D eigenvalue weighted by Crippen LogP contribution is -2.44. The molecule has 1 aliphatic rings. The minimum absolute atomic E-state index is 0.179. The van der Waals surface area contributed by atoms with Gasteiger partial charge < -0.3 is 20.3 Å². The fourth-order valence-corrected chi connectivity index (χ4v) is 2.30. The van der Waals surface area contributed by atoms with Gasteiger partial charge in [-0.3, -0.25) is 0 Å². The van der Waals surface area contributed by atoms with Crippen LogP contribution in [-0.2, 0) is 0 Å². The van der Waals surface area contributed by atoms with Crippen LogP contribution in [0.1, 0.15) is 24.3 Å². The van der Waals surface area contributed by atoms with E-state index in [1.54, 1.807) is 7.11 Å². The molecule has 0 spiro atoms. The third-order valence-electron chi connectivity index (χ3n) is 3.58.